The van der Waals surface area contributed by atoms with E-state index in [0.29, 0.717) is 11.6 Å². The Morgan fingerprint density at radius 2 is 1.96 bits per heavy atom. The number of rotatable bonds is 4. The molecule has 3 aromatic rings. The number of Topliss-reactive ketones (excluding diaryl/α,β-unsaturated/α-hetero) is 1. The summed E-state index contributed by atoms with van der Waals surface area (Å²) in [7, 11) is 0. The number of carbonyl (C=O) groups excluding carboxylic acids is 1. The van der Waals surface area contributed by atoms with Crippen LogP contribution in [0.3, 0.4) is 0 Å². The third-order valence-electron chi connectivity index (χ3n) is 3.34. The van der Waals surface area contributed by atoms with Crippen molar-refractivity contribution in [1.82, 2.24) is 15.0 Å². The van der Waals surface area contributed by atoms with Crippen molar-refractivity contribution in [2.75, 3.05) is 5.32 Å². The molecule has 5 nitrogen and oxygen atoms in total. The van der Waals surface area contributed by atoms with E-state index in [9.17, 15) is 4.79 Å². The highest BCUT2D eigenvalue weighted by Crippen LogP contribution is 2.25. The molecule has 0 saturated carbocycles. The lowest BCUT2D eigenvalue weighted by atomic mass is 10.0. The Morgan fingerprint density at radius 1 is 1.09 bits per heavy atom. The summed E-state index contributed by atoms with van der Waals surface area (Å²) in [4.78, 5) is 23.9. The minimum atomic E-state index is -0.0873. The van der Waals surface area contributed by atoms with Gasteiger partial charge in [-0.3, -0.25) is 9.78 Å². The fourth-order valence-electron chi connectivity index (χ4n) is 2.30. The van der Waals surface area contributed by atoms with E-state index in [1.165, 1.54) is 6.92 Å². The fraction of sp³-hybridized carbons (Fsp3) is 0.111. The smallest absolute Gasteiger partial charge is 0.227 e. The number of hydrogen-bond donors (Lipinski definition) is 1. The van der Waals surface area contributed by atoms with Crippen LogP contribution in [0.5, 0.6) is 0 Å². The van der Waals surface area contributed by atoms with Crippen LogP contribution in [-0.2, 0) is 0 Å². The van der Waals surface area contributed by atoms with Crippen LogP contribution in [0.25, 0.3) is 11.1 Å². The molecular formula is C18H16N4O. The summed E-state index contributed by atoms with van der Waals surface area (Å²) in [6.45, 7) is 3.51. The van der Waals surface area contributed by atoms with Crippen LogP contribution in [0.1, 0.15) is 23.0 Å². The molecule has 5 heteroatoms. The summed E-state index contributed by atoms with van der Waals surface area (Å²) < 4.78 is 0. The normalized spacial score (nSPS) is 10.3. The molecule has 0 atom stereocenters. The van der Waals surface area contributed by atoms with Crippen LogP contribution in [0, 0.1) is 6.92 Å². The first-order valence-electron chi connectivity index (χ1n) is 7.25. The minimum absolute atomic E-state index is 0.0873. The number of ketones is 1. The lowest BCUT2D eigenvalue weighted by Crippen LogP contribution is -2.03. The summed E-state index contributed by atoms with van der Waals surface area (Å²) in [6.07, 6.45) is 5.15. The Labute approximate surface area is 134 Å². The average molecular weight is 304 g/mol. The molecule has 0 aliphatic rings. The summed E-state index contributed by atoms with van der Waals surface area (Å²) in [5.41, 5.74) is 4.46. The molecule has 0 unspecified atom stereocenters. The molecule has 0 aliphatic heterocycles. The van der Waals surface area contributed by atoms with Gasteiger partial charge in [0.1, 0.15) is 5.69 Å². The standard InChI is InChI=1S/C18H16N4O/c1-12-8-15(14-4-3-6-19-11-14)10-16(9-12)21-18-20-7-5-17(22-18)13(2)23/h3-11H,1-2H3,(H,20,21,22). The maximum absolute atomic E-state index is 11.4. The van der Waals surface area contributed by atoms with Crippen molar-refractivity contribution in [1.29, 1.82) is 0 Å². The van der Waals surface area contributed by atoms with Gasteiger partial charge in [-0.2, -0.15) is 0 Å². The van der Waals surface area contributed by atoms with E-state index < -0.39 is 0 Å². The van der Waals surface area contributed by atoms with Crippen LogP contribution >= 0.6 is 0 Å². The van der Waals surface area contributed by atoms with E-state index in [4.69, 9.17) is 0 Å². The van der Waals surface area contributed by atoms with Gasteiger partial charge >= 0.3 is 0 Å². The molecule has 114 valence electrons. The second kappa shape index (κ2) is 6.36. The van der Waals surface area contributed by atoms with Crippen molar-refractivity contribution < 1.29 is 4.79 Å². The third-order valence-corrected chi connectivity index (χ3v) is 3.34. The maximum Gasteiger partial charge on any atom is 0.227 e. The van der Waals surface area contributed by atoms with Crippen molar-refractivity contribution in [2.24, 2.45) is 0 Å². The number of pyridine rings is 1. The fourth-order valence-corrected chi connectivity index (χ4v) is 2.30. The van der Waals surface area contributed by atoms with Crippen LogP contribution in [0.15, 0.2) is 55.0 Å². The first-order valence-corrected chi connectivity index (χ1v) is 7.25. The zero-order chi connectivity index (χ0) is 16.2. The number of aryl methyl sites for hydroxylation is 1. The second-order valence-corrected chi connectivity index (χ2v) is 5.28. The van der Waals surface area contributed by atoms with Crippen LogP contribution in [-0.4, -0.2) is 20.7 Å². The predicted molar refractivity (Wildman–Crippen MR) is 89.7 cm³/mol. The number of carbonyl (C=O) groups is 1. The van der Waals surface area contributed by atoms with Crippen molar-refractivity contribution in [3.63, 3.8) is 0 Å². The molecule has 1 aromatic carbocycles. The second-order valence-electron chi connectivity index (χ2n) is 5.28. The van der Waals surface area contributed by atoms with Gasteiger partial charge in [-0.1, -0.05) is 12.1 Å². The molecule has 1 N–H and O–H groups in total. The lowest BCUT2D eigenvalue weighted by Gasteiger charge is -2.09. The number of aromatic nitrogens is 3. The van der Waals surface area contributed by atoms with Gasteiger partial charge in [-0.25, -0.2) is 9.97 Å². The number of anilines is 2. The van der Waals surface area contributed by atoms with E-state index in [1.807, 2.05) is 37.4 Å². The molecule has 23 heavy (non-hydrogen) atoms. The first-order chi connectivity index (χ1) is 11.1. The average Bonchev–Trinajstić information content (AvgIpc) is 2.55. The number of benzene rings is 1. The van der Waals surface area contributed by atoms with Gasteiger partial charge in [0, 0.05) is 36.8 Å². The zero-order valence-electron chi connectivity index (χ0n) is 12.9. The SMILES string of the molecule is CC(=O)c1ccnc(Nc2cc(C)cc(-c3cccnc3)c2)n1. The molecule has 0 saturated heterocycles. The van der Waals surface area contributed by atoms with Gasteiger partial charge in [0.05, 0.1) is 0 Å². The van der Waals surface area contributed by atoms with E-state index in [2.05, 4.69) is 26.3 Å². The Bertz CT molecular complexity index is 847. The molecule has 0 fully saturated rings. The molecule has 2 heterocycles. The number of nitrogens with one attached hydrogen (secondary N) is 1. The van der Waals surface area contributed by atoms with Crippen molar-refractivity contribution in [3.05, 3.63) is 66.2 Å². The summed E-state index contributed by atoms with van der Waals surface area (Å²) in [6, 6.07) is 11.6. The quantitative estimate of drug-likeness (QED) is 0.743. The highest BCUT2D eigenvalue weighted by Gasteiger charge is 2.06. The van der Waals surface area contributed by atoms with E-state index in [1.54, 1.807) is 18.5 Å². The molecule has 0 radical (unpaired) electrons. The first kappa shape index (κ1) is 14.8. The van der Waals surface area contributed by atoms with E-state index in [0.717, 1.165) is 22.4 Å². The van der Waals surface area contributed by atoms with Gasteiger partial charge in [0.25, 0.3) is 0 Å². The molecule has 0 bridgehead atoms. The van der Waals surface area contributed by atoms with E-state index >= 15 is 0 Å². The maximum atomic E-state index is 11.4. The Kier molecular flexibility index (Phi) is 4.10. The highest BCUT2D eigenvalue weighted by atomic mass is 16.1. The van der Waals surface area contributed by atoms with E-state index in [-0.39, 0.29) is 5.78 Å². The lowest BCUT2D eigenvalue weighted by molar-refractivity contribution is 0.101. The largest absolute Gasteiger partial charge is 0.324 e. The third kappa shape index (κ3) is 3.58. The molecule has 0 spiro atoms. The number of nitrogens with zero attached hydrogens (tertiary/aromatic N) is 3. The van der Waals surface area contributed by atoms with Crippen LogP contribution in [0.4, 0.5) is 11.6 Å². The van der Waals surface area contributed by atoms with Gasteiger partial charge < -0.3 is 5.32 Å². The number of hydrogen-bond acceptors (Lipinski definition) is 5. The predicted octanol–water partition coefficient (Wildman–Crippen LogP) is 3.79. The van der Waals surface area contributed by atoms with Gasteiger partial charge in [-0.15, -0.1) is 0 Å². The monoisotopic (exact) mass is 304 g/mol. The Balaban J connectivity index is 1.93. The Hall–Kier alpha value is -3.08. The summed E-state index contributed by atoms with van der Waals surface area (Å²) in [5.74, 6) is 0.316. The van der Waals surface area contributed by atoms with Crippen molar-refractivity contribution >= 4 is 17.4 Å². The van der Waals surface area contributed by atoms with Gasteiger partial charge in [0.2, 0.25) is 5.95 Å². The highest BCUT2D eigenvalue weighted by molar-refractivity contribution is 5.92. The van der Waals surface area contributed by atoms with Gasteiger partial charge in [-0.05, 0) is 42.3 Å². The van der Waals surface area contributed by atoms with Crippen LogP contribution < -0.4 is 5.32 Å². The molecule has 2 aromatic heterocycles. The summed E-state index contributed by atoms with van der Waals surface area (Å²) >= 11 is 0. The molecular weight excluding hydrogens is 288 g/mol. The van der Waals surface area contributed by atoms with Gasteiger partial charge in [0.15, 0.2) is 5.78 Å². The minimum Gasteiger partial charge on any atom is -0.324 e. The zero-order valence-corrected chi connectivity index (χ0v) is 12.9. The van der Waals surface area contributed by atoms with Crippen molar-refractivity contribution in [3.8, 4) is 11.1 Å². The molecule has 0 aliphatic carbocycles. The topological polar surface area (TPSA) is 67.8 Å². The summed E-state index contributed by atoms with van der Waals surface area (Å²) in [5, 5.41) is 3.16. The Morgan fingerprint density at radius 3 is 2.70 bits per heavy atom. The molecule has 3 rings (SSSR count). The van der Waals surface area contributed by atoms with Crippen LogP contribution in [0.2, 0.25) is 0 Å². The van der Waals surface area contributed by atoms with Crippen molar-refractivity contribution in [2.45, 2.75) is 13.8 Å². The molecule has 0 amide bonds.